The molecule has 2 aromatic carbocycles. The second kappa shape index (κ2) is 8.64. The topological polar surface area (TPSA) is 55.2 Å². The molecule has 32 heavy (non-hydrogen) atoms. The summed E-state index contributed by atoms with van der Waals surface area (Å²) in [6.07, 6.45) is 3.43. The lowest BCUT2D eigenvalue weighted by Crippen LogP contribution is -2.36. The Morgan fingerprint density at radius 1 is 1.03 bits per heavy atom. The predicted molar refractivity (Wildman–Crippen MR) is 119 cm³/mol. The van der Waals surface area contributed by atoms with Gasteiger partial charge in [0.1, 0.15) is 17.3 Å². The number of ether oxygens (including phenoxy) is 1. The number of aryl methyl sites for hydroxylation is 1. The molecule has 5 rings (SSSR count). The molecule has 4 aromatic rings. The van der Waals surface area contributed by atoms with E-state index in [4.69, 9.17) is 4.74 Å². The molecule has 164 valence electrons. The molecule has 3 heterocycles. The number of benzene rings is 2. The number of hydrogen-bond acceptors (Lipinski definition) is 5. The number of rotatable bonds is 5. The minimum Gasteiger partial charge on any atom is -0.379 e. The largest absolute Gasteiger partial charge is 0.379 e. The lowest BCUT2D eigenvalue weighted by molar-refractivity contribution is 0.0332. The number of nitrogens with zero attached hydrogens (tertiary/aromatic N) is 4. The average molecular weight is 435 g/mol. The predicted octanol–water partition coefficient (Wildman–Crippen LogP) is 4.58. The van der Waals surface area contributed by atoms with E-state index in [1.807, 2.05) is 42.2 Å². The molecule has 1 saturated heterocycles. The van der Waals surface area contributed by atoms with Gasteiger partial charge in [0.05, 0.1) is 18.9 Å². The summed E-state index contributed by atoms with van der Waals surface area (Å²) in [7, 11) is 0. The summed E-state index contributed by atoms with van der Waals surface area (Å²) in [6, 6.07) is 12.4. The van der Waals surface area contributed by atoms with Gasteiger partial charge in [-0.25, -0.2) is 13.8 Å². The maximum Gasteiger partial charge on any atom is 0.229 e. The fraction of sp³-hybridized carbons (Fsp3) is 0.250. The Bertz CT molecular complexity index is 1230. The van der Waals surface area contributed by atoms with Gasteiger partial charge in [0.25, 0.3) is 0 Å². The van der Waals surface area contributed by atoms with Gasteiger partial charge in [-0.05, 0) is 37.3 Å². The van der Waals surface area contributed by atoms with Crippen molar-refractivity contribution >= 4 is 22.7 Å². The van der Waals surface area contributed by atoms with Crippen LogP contribution >= 0.6 is 0 Å². The van der Waals surface area contributed by atoms with Crippen LogP contribution in [0.1, 0.15) is 11.1 Å². The SMILES string of the molecule is Cc1ccc(Nc2ncc3ccn(-c4cc(F)c(CN5CCOCC5)c(F)c4)c3n2)cc1. The first-order valence-corrected chi connectivity index (χ1v) is 10.5. The molecular formula is C24H23F2N5O. The molecular weight excluding hydrogens is 412 g/mol. The molecule has 1 aliphatic heterocycles. The number of hydrogen-bond donors (Lipinski definition) is 1. The van der Waals surface area contributed by atoms with Crippen LogP contribution in [0.5, 0.6) is 0 Å². The highest BCUT2D eigenvalue weighted by atomic mass is 19.1. The van der Waals surface area contributed by atoms with Crippen LogP contribution < -0.4 is 5.32 Å². The van der Waals surface area contributed by atoms with Gasteiger partial charge >= 0.3 is 0 Å². The van der Waals surface area contributed by atoms with E-state index in [0.29, 0.717) is 43.6 Å². The van der Waals surface area contributed by atoms with Crippen molar-refractivity contribution in [3.8, 4) is 5.69 Å². The van der Waals surface area contributed by atoms with Crippen LogP contribution in [0, 0.1) is 18.6 Å². The molecule has 1 fully saturated rings. The molecule has 0 radical (unpaired) electrons. The number of halogens is 2. The zero-order valence-electron chi connectivity index (χ0n) is 17.7. The molecule has 0 unspecified atom stereocenters. The van der Waals surface area contributed by atoms with Crippen LogP contribution in [0.25, 0.3) is 16.7 Å². The number of anilines is 2. The Morgan fingerprint density at radius 2 is 1.75 bits per heavy atom. The van der Waals surface area contributed by atoms with E-state index in [0.717, 1.165) is 16.6 Å². The van der Waals surface area contributed by atoms with E-state index < -0.39 is 11.6 Å². The van der Waals surface area contributed by atoms with Crippen molar-refractivity contribution in [1.82, 2.24) is 19.4 Å². The van der Waals surface area contributed by atoms with E-state index in [1.165, 1.54) is 12.1 Å². The summed E-state index contributed by atoms with van der Waals surface area (Å²) in [4.78, 5) is 10.9. The fourth-order valence-corrected chi connectivity index (χ4v) is 3.82. The van der Waals surface area contributed by atoms with Crippen LogP contribution in [-0.2, 0) is 11.3 Å². The van der Waals surface area contributed by atoms with Gasteiger partial charge in [0.2, 0.25) is 5.95 Å². The van der Waals surface area contributed by atoms with Gasteiger partial charge in [-0.15, -0.1) is 0 Å². The lowest BCUT2D eigenvalue weighted by Gasteiger charge is -2.27. The van der Waals surface area contributed by atoms with E-state index in [2.05, 4.69) is 15.3 Å². The smallest absolute Gasteiger partial charge is 0.229 e. The molecule has 0 atom stereocenters. The van der Waals surface area contributed by atoms with Crippen LogP contribution in [0.15, 0.2) is 54.9 Å². The fourth-order valence-electron chi connectivity index (χ4n) is 3.82. The summed E-state index contributed by atoms with van der Waals surface area (Å²) in [5, 5.41) is 3.95. The quantitative estimate of drug-likeness (QED) is 0.497. The first kappa shape index (κ1) is 20.5. The highest BCUT2D eigenvalue weighted by Crippen LogP contribution is 2.25. The first-order chi connectivity index (χ1) is 15.6. The third-order valence-electron chi connectivity index (χ3n) is 5.62. The Kier molecular flexibility index (Phi) is 5.55. The molecule has 2 aromatic heterocycles. The third-order valence-corrected chi connectivity index (χ3v) is 5.62. The Hall–Kier alpha value is -3.36. The maximum atomic E-state index is 14.9. The minimum atomic E-state index is -0.569. The summed E-state index contributed by atoms with van der Waals surface area (Å²) < 4.78 is 36.8. The van der Waals surface area contributed by atoms with Crippen molar-refractivity contribution in [3.63, 3.8) is 0 Å². The summed E-state index contributed by atoms with van der Waals surface area (Å²) >= 11 is 0. The highest BCUT2D eigenvalue weighted by Gasteiger charge is 2.18. The summed E-state index contributed by atoms with van der Waals surface area (Å²) in [5.41, 5.74) is 3.03. The molecule has 0 saturated carbocycles. The molecule has 6 nitrogen and oxygen atoms in total. The van der Waals surface area contributed by atoms with Gasteiger partial charge in [0, 0.05) is 48.7 Å². The molecule has 8 heteroatoms. The molecule has 1 N–H and O–H groups in total. The van der Waals surface area contributed by atoms with E-state index >= 15 is 0 Å². The van der Waals surface area contributed by atoms with Crippen molar-refractivity contribution in [2.24, 2.45) is 0 Å². The van der Waals surface area contributed by atoms with Crippen molar-refractivity contribution in [2.75, 3.05) is 31.6 Å². The lowest BCUT2D eigenvalue weighted by atomic mass is 10.1. The number of fused-ring (bicyclic) bond motifs is 1. The van der Waals surface area contributed by atoms with Crippen molar-refractivity contribution < 1.29 is 13.5 Å². The minimum absolute atomic E-state index is 0.0727. The van der Waals surface area contributed by atoms with E-state index in [9.17, 15) is 8.78 Å². The Balaban J connectivity index is 1.45. The van der Waals surface area contributed by atoms with E-state index in [-0.39, 0.29) is 12.1 Å². The van der Waals surface area contributed by atoms with Crippen LogP contribution in [-0.4, -0.2) is 45.7 Å². The molecule has 0 aliphatic carbocycles. The zero-order chi connectivity index (χ0) is 22.1. The molecule has 1 aliphatic rings. The van der Waals surface area contributed by atoms with Crippen LogP contribution in [0.4, 0.5) is 20.4 Å². The van der Waals surface area contributed by atoms with E-state index in [1.54, 1.807) is 17.0 Å². The second-order valence-electron chi connectivity index (χ2n) is 7.93. The van der Waals surface area contributed by atoms with Crippen molar-refractivity contribution in [2.45, 2.75) is 13.5 Å². The average Bonchev–Trinajstić information content (AvgIpc) is 3.22. The second-order valence-corrected chi connectivity index (χ2v) is 7.93. The van der Waals surface area contributed by atoms with Crippen molar-refractivity contribution in [1.29, 1.82) is 0 Å². The number of aromatic nitrogens is 3. The highest BCUT2D eigenvalue weighted by molar-refractivity contribution is 5.78. The standard InChI is InChI=1S/C24H23F2N5O/c1-16-2-4-18(5-3-16)28-24-27-14-17-6-7-31(23(17)29-24)19-12-21(25)20(22(26)13-19)15-30-8-10-32-11-9-30/h2-7,12-14H,8-11,15H2,1H3,(H,27,28,29). The molecule has 0 bridgehead atoms. The third kappa shape index (κ3) is 4.19. The normalized spacial score (nSPS) is 14.7. The van der Waals surface area contributed by atoms with Gasteiger partial charge in [-0.1, -0.05) is 17.7 Å². The number of nitrogens with one attached hydrogen (secondary N) is 1. The monoisotopic (exact) mass is 435 g/mol. The maximum absolute atomic E-state index is 14.9. The zero-order valence-corrected chi connectivity index (χ0v) is 17.7. The number of morpholine rings is 1. The summed E-state index contributed by atoms with van der Waals surface area (Å²) in [5.74, 6) is -0.730. The molecule has 0 amide bonds. The van der Waals surface area contributed by atoms with Crippen LogP contribution in [0.2, 0.25) is 0 Å². The Morgan fingerprint density at radius 3 is 2.47 bits per heavy atom. The Labute approximate surface area is 184 Å². The van der Waals surface area contributed by atoms with Crippen molar-refractivity contribution in [3.05, 3.63) is 77.6 Å². The summed E-state index contributed by atoms with van der Waals surface area (Å²) in [6.45, 7) is 4.72. The van der Waals surface area contributed by atoms with Crippen LogP contribution in [0.3, 0.4) is 0 Å². The first-order valence-electron chi connectivity index (χ1n) is 10.5. The van der Waals surface area contributed by atoms with Gasteiger partial charge in [0.15, 0.2) is 0 Å². The van der Waals surface area contributed by atoms with Gasteiger partial charge in [-0.2, -0.15) is 4.98 Å². The van der Waals surface area contributed by atoms with Gasteiger partial charge in [-0.3, -0.25) is 4.90 Å². The van der Waals surface area contributed by atoms with Gasteiger partial charge < -0.3 is 14.6 Å². The molecule has 0 spiro atoms.